The summed E-state index contributed by atoms with van der Waals surface area (Å²) in [6.45, 7) is 2.70. The summed E-state index contributed by atoms with van der Waals surface area (Å²) >= 11 is 0. The molecule has 4 N–H and O–H groups in total. The Hall–Kier alpha value is -2.94. The SMILES string of the molecule is CC(=O)Oc1cccc(C(=O)NC(CCCCN)C(=O)O)c1OC(C)=O. The minimum Gasteiger partial charge on any atom is -0.480 e. The Labute approximate surface area is 150 Å². The molecule has 0 spiro atoms. The van der Waals surface area contributed by atoms with Crippen LogP contribution in [0.4, 0.5) is 0 Å². The van der Waals surface area contributed by atoms with E-state index >= 15 is 0 Å². The number of aliphatic carboxylic acids is 1. The van der Waals surface area contributed by atoms with E-state index in [1.165, 1.54) is 18.2 Å². The van der Waals surface area contributed by atoms with E-state index < -0.39 is 29.9 Å². The number of amides is 1. The molecule has 0 saturated carbocycles. The van der Waals surface area contributed by atoms with E-state index in [4.69, 9.17) is 15.2 Å². The van der Waals surface area contributed by atoms with Crippen LogP contribution in [0.2, 0.25) is 0 Å². The zero-order chi connectivity index (χ0) is 19.7. The number of unbranched alkanes of at least 4 members (excludes halogenated alkanes) is 1. The van der Waals surface area contributed by atoms with Gasteiger partial charge in [-0.3, -0.25) is 14.4 Å². The first kappa shape index (κ1) is 21.1. The minimum atomic E-state index is -1.19. The summed E-state index contributed by atoms with van der Waals surface area (Å²) in [6.07, 6.45) is 1.35. The highest BCUT2D eigenvalue weighted by Crippen LogP contribution is 2.32. The van der Waals surface area contributed by atoms with Crippen LogP contribution in [0.25, 0.3) is 0 Å². The van der Waals surface area contributed by atoms with Gasteiger partial charge in [0.2, 0.25) is 0 Å². The maximum atomic E-state index is 12.5. The molecule has 0 radical (unpaired) electrons. The van der Waals surface area contributed by atoms with Gasteiger partial charge >= 0.3 is 17.9 Å². The predicted octanol–water partition coefficient (Wildman–Crippen LogP) is 0.849. The van der Waals surface area contributed by atoms with E-state index in [0.717, 1.165) is 13.8 Å². The third kappa shape index (κ3) is 6.52. The predicted molar refractivity (Wildman–Crippen MR) is 90.9 cm³/mol. The molecule has 0 fully saturated rings. The standard InChI is InChI=1S/C17H22N2O7/c1-10(20)25-14-8-5-6-12(15(14)26-11(2)21)16(22)19-13(17(23)24)7-3-4-9-18/h5-6,8,13H,3-4,7,9,18H2,1-2H3,(H,19,22)(H,23,24). The van der Waals surface area contributed by atoms with Gasteiger partial charge in [0, 0.05) is 13.8 Å². The lowest BCUT2D eigenvalue weighted by Gasteiger charge is -2.17. The van der Waals surface area contributed by atoms with Crippen LogP contribution >= 0.6 is 0 Å². The van der Waals surface area contributed by atoms with Crippen molar-refractivity contribution in [2.24, 2.45) is 5.73 Å². The number of hydrogen-bond donors (Lipinski definition) is 3. The van der Waals surface area contributed by atoms with Crippen molar-refractivity contribution >= 4 is 23.8 Å². The molecule has 0 saturated heterocycles. The number of para-hydroxylation sites is 1. The molecule has 0 aliphatic carbocycles. The average Bonchev–Trinajstić information content (AvgIpc) is 2.54. The lowest BCUT2D eigenvalue weighted by Crippen LogP contribution is -2.41. The molecule has 1 rings (SSSR count). The second-order valence-corrected chi connectivity index (χ2v) is 5.47. The van der Waals surface area contributed by atoms with E-state index in [-0.39, 0.29) is 23.5 Å². The Morgan fingerprint density at radius 2 is 1.77 bits per heavy atom. The molecule has 26 heavy (non-hydrogen) atoms. The van der Waals surface area contributed by atoms with Crippen LogP contribution in [0.5, 0.6) is 11.5 Å². The number of esters is 2. The largest absolute Gasteiger partial charge is 0.480 e. The van der Waals surface area contributed by atoms with Gasteiger partial charge in [-0.15, -0.1) is 0 Å². The number of nitrogens with one attached hydrogen (secondary N) is 1. The number of rotatable bonds is 9. The molecule has 9 heteroatoms. The lowest BCUT2D eigenvalue weighted by atomic mass is 10.1. The number of ether oxygens (including phenoxy) is 2. The number of carbonyl (C=O) groups is 4. The highest BCUT2D eigenvalue weighted by molar-refractivity contribution is 6.00. The zero-order valence-corrected chi connectivity index (χ0v) is 14.6. The van der Waals surface area contributed by atoms with Crippen LogP contribution in [0, 0.1) is 0 Å². The maximum Gasteiger partial charge on any atom is 0.326 e. The van der Waals surface area contributed by atoms with Gasteiger partial charge in [-0.05, 0) is 37.9 Å². The number of benzene rings is 1. The van der Waals surface area contributed by atoms with Gasteiger partial charge in [0.05, 0.1) is 5.56 Å². The van der Waals surface area contributed by atoms with Crippen LogP contribution < -0.4 is 20.5 Å². The topological polar surface area (TPSA) is 145 Å². The highest BCUT2D eigenvalue weighted by atomic mass is 16.6. The smallest absolute Gasteiger partial charge is 0.326 e. The fourth-order valence-corrected chi connectivity index (χ4v) is 2.17. The van der Waals surface area contributed by atoms with Gasteiger partial charge in [-0.25, -0.2) is 4.79 Å². The summed E-state index contributed by atoms with van der Waals surface area (Å²) in [6, 6.07) is 2.98. The van der Waals surface area contributed by atoms with Crippen molar-refractivity contribution in [3.05, 3.63) is 23.8 Å². The Morgan fingerprint density at radius 1 is 1.12 bits per heavy atom. The van der Waals surface area contributed by atoms with Gasteiger partial charge < -0.3 is 25.6 Å². The number of carboxylic acid groups (broad SMARTS) is 1. The normalized spacial score (nSPS) is 11.3. The number of carboxylic acids is 1. The van der Waals surface area contributed by atoms with E-state index in [0.29, 0.717) is 19.4 Å². The minimum absolute atomic E-state index is 0.115. The average molecular weight is 366 g/mol. The highest BCUT2D eigenvalue weighted by Gasteiger charge is 2.25. The molecular weight excluding hydrogens is 344 g/mol. The van der Waals surface area contributed by atoms with Crippen molar-refractivity contribution in [3.63, 3.8) is 0 Å². The summed E-state index contributed by atoms with van der Waals surface area (Å²) in [5, 5.41) is 11.6. The molecule has 1 aromatic rings. The third-order valence-corrected chi connectivity index (χ3v) is 3.27. The van der Waals surface area contributed by atoms with Crippen LogP contribution in [0.1, 0.15) is 43.5 Å². The Balaban J connectivity index is 3.10. The first-order valence-corrected chi connectivity index (χ1v) is 7.99. The fourth-order valence-electron chi connectivity index (χ4n) is 2.17. The second-order valence-electron chi connectivity index (χ2n) is 5.47. The first-order valence-electron chi connectivity index (χ1n) is 7.99. The maximum absolute atomic E-state index is 12.5. The Bertz CT molecular complexity index is 688. The molecule has 0 heterocycles. The van der Waals surface area contributed by atoms with E-state index in [1.807, 2.05) is 0 Å². The molecule has 0 aromatic heterocycles. The Kier molecular flexibility index (Phi) is 8.23. The van der Waals surface area contributed by atoms with Crippen molar-refractivity contribution in [1.82, 2.24) is 5.32 Å². The summed E-state index contributed by atoms with van der Waals surface area (Å²) in [4.78, 5) is 46.4. The number of hydrogen-bond acceptors (Lipinski definition) is 7. The van der Waals surface area contributed by atoms with Crippen LogP contribution in [-0.2, 0) is 14.4 Å². The van der Waals surface area contributed by atoms with Crippen LogP contribution in [0.3, 0.4) is 0 Å². The second kappa shape index (κ2) is 10.1. The molecule has 142 valence electrons. The van der Waals surface area contributed by atoms with E-state index in [9.17, 15) is 24.3 Å². The quantitative estimate of drug-likeness (QED) is 0.331. The van der Waals surface area contributed by atoms with E-state index in [2.05, 4.69) is 5.32 Å². The van der Waals surface area contributed by atoms with Crippen molar-refractivity contribution in [3.8, 4) is 11.5 Å². The van der Waals surface area contributed by atoms with Crippen molar-refractivity contribution in [2.75, 3.05) is 6.54 Å². The lowest BCUT2D eigenvalue weighted by molar-refractivity contribution is -0.139. The van der Waals surface area contributed by atoms with Crippen molar-refractivity contribution < 1.29 is 33.8 Å². The van der Waals surface area contributed by atoms with E-state index in [1.54, 1.807) is 0 Å². The molecule has 9 nitrogen and oxygen atoms in total. The molecule has 0 aliphatic heterocycles. The molecule has 1 unspecified atom stereocenters. The Morgan fingerprint density at radius 3 is 2.31 bits per heavy atom. The number of carbonyl (C=O) groups excluding carboxylic acids is 3. The first-order chi connectivity index (χ1) is 12.3. The summed E-state index contributed by atoms with van der Waals surface area (Å²) in [5.41, 5.74) is 5.26. The molecule has 0 bridgehead atoms. The van der Waals surface area contributed by atoms with Gasteiger partial charge in [-0.1, -0.05) is 6.07 Å². The number of nitrogens with two attached hydrogens (primary N) is 1. The fraction of sp³-hybridized carbons (Fsp3) is 0.412. The molecule has 1 aromatic carbocycles. The summed E-state index contributed by atoms with van der Waals surface area (Å²) in [5.74, 6) is -3.72. The summed E-state index contributed by atoms with van der Waals surface area (Å²) < 4.78 is 9.94. The monoisotopic (exact) mass is 366 g/mol. The van der Waals surface area contributed by atoms with Crippen LogP contribution in [-0.4, -0.2) is 41.5 Å². The molecule has 1 amide bonds. The molecule has 1 atom stereocenters. The van der Waals surface area contributed by atoms with Crippen molar-refractivity contribution in [2.45, 2.75) is 39.2 Å². The van der Waals surface area contributed by atoms with Crippen molar-refractivity contribution in [1.29, 1.82) is 0 Å². The van der Waals surface area contributed by atoms with Gasteiger partial charge in [-0.2, -0.15) is 0 Å². The van der Waals surface area contributed by atoms with Crippen LogP contribution in [0.15, 0.2) is 18.2 Å². The van der Waals surface area contributed by atoms with Gasteiger partial charge in [0.1, 0.15) is 6.04 Å². The molecule has 0 aliphatic rings. The van der Waals surface area contributed by atoms with Gasteiger partial charge in [0.25, 0.3) is 5.91 Å². The summed E-state index contributed by atoms with van der Waals surface area (Å²) in [7, 11) is 0. The molecular formula is C17H22N2O7. The zero-order valence-electron chi connectivity index (χ0n) is 14.6. The van der Waals surface area contributed by atoms with Gasteiger partial charge in [0.15, 0.2) is 11.5 Å². The third-order valence-electron chi connectivity index (χ3n) is 3.27.